The zero-order chi connectivity index (χ0) is 24.0. The zero-order valence-corrected chi connectivity index (χ0v) is 20.8. The number of halogens is 1. The van der Waals surface area contributed by atoms with Crippen molar-refractivity contribution in [3.63, 3.8) is 0 Å². The summed E-state index contributed by atoms with van der Waals surface area (Å²) in [7, 11) is -3.46. The molecule has 2 aromatic rings. The van der Waals surface area contributed by atoms with E-state index in [2.05, 4.69) is 5.32 Å². The van der Waals surface area contributed by atoms with Crippen LogP contribution >= 0.6 is 11.6 Å². The van der Waals surface area contributed by atoms with Crippen molar-refractivity contribution < 1.29 is 22.7 Å². The van der Waals surface area contributed by atoms with E-state index in [-0.39, 0.29) is 17.4 Å². The zero-order valence-electron chi connectivity index (χ0n) is 19.3. The second-order valence-corrected chi connectivity index (χ2v) is 10.5. The number of rotatable bonds is 9. The van der Waals surface area contributed by atoms with E-state index in [9.17, 15) is 13.2 Å². The average Bonchev–Trinajstić information content (AvgIpc) is 2.81. The first-order valence-corrected chi connectivity index (χ1v) is 12.9. The lowest BCUT2D eigenvalue weighted by atomic mass is 10.1. The minimum Gasteiger partial charge on any atom is -0.492 e. The number of carbonyl (C=O) groups is 1. The predicted octanol–water partition coefficient (Wildman–Crippen LogP) is 4.09. The van der Waals surface area contributed by atoms with Gasteiger partial charge in [0.1, 0.15) is 18.1 Å². The van der Waals surface area contributed by atoms with Crippen LogP contribution in [0.4, 0.5) is 0 Å². The van der Waals surface area contributed by atoms with Gasteiger partial charge in [-0.15, -0.1) is 0 Å². The van der Waals surface area contributed by atoms with Gasteiger partial charge in [-0.1, -0.05) is 18.0 Å². The standard InChI is InChI=1S/C24H31ClN2O5S/c1-17-15-21(16-18(2)23(17)25)32-19(3)24(28)26-11-14-31-20-7-9-22(10-8-20)33(29,30)27-12-5-4-6-13-27/h7-10,15-16,19H,4-6,11-14H2,1-3H3,(H,26,28)/t19-/m0/s1. The summed E-state index contributed by atoms with van der Waals surface area (Å²) in [5.41, 5.74) is 1.78. The lowest BCUT2D eigenvalue weighted by molar-refractivity contribution is -0.127. The van der Waals surface area contributed by atoms with E-state index in [0.717, 1.165) is 30.4 Å². The van der Waals surface area contributed by atoms with Gasteiger partial charge in [0.2, 0.25) is 10.0 Å². The van der Waals surface area contributed by atoms with E-state index in [1.165, 1.54) is 4.31 Å². The van der Waals surface area contributed by atoms with E-state index < -0.39 is 16.1 Å². The van der Waals surface area contributed by atoms with Gasteiger partial charge < -0.3 is 14.8 Å². The second-order valence-electron chi connectivity index (χ2n) is 8.21. The van der Waals surface area contributed by atoms with Crippen LogP contribution in [0.2, 0.25) is 5.02 Å². The fraction of sp³-hybridized carbons (Fsp3) is 0.458. The summed E-state index contributed by atoms with van der Waals surface area (Å²) < 4.78 is 38.3. The summed E-state index contributed by atoms with van der Waals surface area (Å²) in [5, 5.41) is 3.46. The van der Waals surface area contributed by atoms with Gasteiger partial charge in [-0.2, -0.15) is 4.31 Å². The Morgan fingerprint density at radius 2 is 1.67 bits per heavy atom. The van der Waals surface area contributed by atoms with E-state index in [1.807, 2.05) is 13.8 Å². The largest absolute Gasteiger partial charge is 0.492 e. The van der Waals surface area contributed by atoms with Crippen molar-refractivity contribution in [3.8, 4) is 11.5 Å². The van der Waals surface area contributed by atoms with Gasteiger partial charge in [0.15, 0.2) is 6.10 Å². The molecule has 0 aromatic heterocycles. The minimum absolute atomic E-state index is 0.246. The number of piperidine rings is 1. The summed E-state index contributed by atoms with van der Waals surface area (Å²) in [5.74, 6) is 0.873. The summed E-state index contributed by atoms with van der Waals surface area (Å²) in [6.07, 6.45) is 2.19. The van der Waals surface area contributed by atoms with Crippen LogP contribution in [-0.2, 0) is 14.8 Å². The smallest absolute Gasteiger partial charge is 0.260 e. The summed E-state index contributed by atoms with van der Waals surface area (Å²) in [6, 6.07) is 9.99. The van der Waals surface area contributed by atoms with Crippen LogP contribution in [0.5, 0.6) is 11.5 Å². The third kappa shape index (κ3) is 6.62. The molecule has 0 bridgehead atoms. The highest BCUT2D eigenvalue weighted by Crippen LogP contribution is 2.26. The van der Waals surface area contributed by atoms with E-state index in [1.54, 1.807) is 43.3 Å². The normalized spacial score (nSPS) is 15.6. The number of nitrogens with zero attached hydrogens (tertiary/aromatic N) is 1. The maximum Gasteiger partial charge on any atom is 0.260 e. The van der Waals surface area contributed by atoms with Gasteiger partial charge in [-0.25, -0.2) is 8.42 Å². The lowest BCUT2D eigenvalue weighted by Gasteiger charge is -2.25. The van der Waals surface area contributed by atoms with Crippen molar-refractivity contribution in [3.05, 3.63) is 52.5 Å². The number of ether oxygens (including phenoxy) is 2. The molecule has 33 heavy (non-hydrogen) atoms. The van der Waals surface area contributed by atoms with Gasteiger partial charge in [0.25, 0.3) is 5.91 Å². The molecule has 1 N–H and O–H groups in total. The lowest BCUT2D eigenvalue weighted by Crippen LogP contribution is -2.38. The van der Waals surface area contributed by atoms with Crippen LogP contribution in [0, 0.1) is 13.8 Å². The van der Waals surface area contributed by atoms with Crippen molar-refractivity contribution in [1.82, 2.24) is 9.62 Å². The van der Waals surface area contributed by atoms with Crippen molar-refractivity contribution >= 4 is 27.5 Å². The highest BCUT2D eigenvalue weighted by molar-refractivity contribution is 7.89. The summed E-state index contributed by atoms with van der Waals surface area (Å²) in [4.78, 5) is 12.6. The van der Waals surface area contributed by atoms with Gasteiger partial charge in [0.05, 0.1) is 11.4 Å². The summed E-state index contributed by atoms with van der Waals surface area (Å²) >= 11 is 6.17. The van der Waals surface area contributed by atoms with Crippen molar-refractivity contribution in [2.24, 2.45) is 0 Å². The molecular formula is C24H31ClN2O5S. The third-order valence-electron chi connectivity index (χ3n) is 5.54. The molecule has 0 unspecified atom stereocenters. The third-order valence-corrected chi connectivity index (χ3v) is 8.05. The molecule has 9 heteroatoms. The molecule has 0 aliphatic carbocycles. The van der Waals surface area contributed by atoms with Gasteiger partial charge in [-0.3, -0.25) is 4.79 Å². The monoisotopic (exact) mass is 494 g/mol. The van der Waals surface area contributed by atoms with Crippen LogP contribution in [0.25, 0.3) is 0 Å². The van der Waals surface area contributed by atoms with Gasteiger partial charge in [0, 0.05) is 18.1 Å². The molecular weight excluding hydrogens is 464 g/mol. The predicted molar refractivity (Wildman–Crippen MR) is 129 cm³/mol. The van der Waals surface area contributed by atoms with Crippen molar-refractivity contribution in [1.29, 1.82) is 0 Å². The molecule has 1 amide bonds. The Kier molecular flexibility index (Phi) is 8.62. The molecule has 180 valence electrons. The average molecular weight is 495 g/mol. The minimum atomic E-state index is -3.46. The molecule has 1 aliphatic heterocycles. The molecule has 1 saturated heterocycles. The van der Waals surface area contributed by atoms with Crippen LogP contribution in [0.3, 0.4) is 0 Å². The number of hydrogen-bond donors (Lipinski definition) is 1. The van der Waals surface area contributed by atoms with E-state index >= 15 is 0 Å². The molecule has 1 heterocycles. The summed E-state index contributed by atoms with van der Waals surface area (Å²) in [6.45, 7) is 7.13. The Bertz CT molecular complexity index is 1040. The van der Waals surface area contributed by atoms with Crippen molar-refractivity contribution in [2.75, 3.05) is 26.2 Å². The molecule has 7 nitrogen and oxygen atoms in total. The number of aryl methyl sites for hydroxylation is 2. The second kappa shape index (κ2) is 11.2. The van der Waals surface area contributed by atoms with Crippen LogP contribution in [0.1, 0.15) is 37.3 Å². The Morgan fingerprint density at radius 1 is 1.06 bits per heavy atom. The van der Waals surface area contributed by atoms with Crippen LogP contribution < -0.4 is 14.8 Å². The van der Waals surface area contributed by atoms with Gasteiger partial charge in [-0.05, 0) is 81.1 Å². The number of hydrogen-bond acceptors (Lipinski definition) is 5. The molecule has 1 atom stereocenters. The van der Waals surface area contributed by atoms with E-state index in [0.29, 0.717) is 36.2 Å². The number of benzene rings is 2. The Morgan fingerprint density at radius 3 is 2.27 bits per heavy atom. The first-order chi connectivity index (χ1) is 15.7. The highest BCUT2D eigenvalue weighted by Gasteiger charge is 2.25. The van der Waals surface area contributed by atoms with Crippen LogP contribution in [-0.4, -0.2) is 51.0 Å². The molecule has 0 radical (unpaired) electrons. The number of amides is 1. The van der Waals surface area contributed by atoms with Gasteiger partial charge >= 0.3 is 0 Å². The number of carbonyl (C=O) groups excluding carboxylic acids is 1. The SMILES string of the molecule is Cc1cc(O[C@@H](C)C(=O)NCCOc2ccc(S(=O)(=O)N3CCCCC3)cc2)cc(C)c1Cl. The van der Waals surface area contributed by atoms with Crippen molar-refractivity contribution in [2.45, 2.75) is 51.0 Å². The van der Waals surface area contributed by atoms with Crippen LogP contribution in [0.15, 0.2) is 41.3 Å². The topological polar surface area (TPSA) is 84.9 Å². The number of nitrogens with one attached hydrogen (secondary N) is 1. The maximum atomic E-state index is 12.7. The quantitative estimate of drug-likeness (QED) is 0.530. The Hall–Kier alpha value is -2.29. The molecule has 0 saturated carbocycles. The molecule has 1 aliphatic rings. The fourth-order valence-corrected chi connectivity index (χ4v) is 5.31. The molecule has 3 rings (SSSR count). The highest BCUT2D eigenvalue weighted by atomic mass is 35.5. The number of sulfonamides is 1. The maximum absolute atomic E-state index is 12.7. The Labute approximate surface area is 201 Å². The Balaban J connectivity index is 1.44. The van der Waals surface area contributed by atoms with E-state index in [4.69, 9.17) is 21.1 Å². The molecule has 0 spiro atoms. The first kappa shape index (κ1) is 25.3. The molecule has 1 fully saturated rings. The first-order valence-electron chi connectivity index (χ1n) is 11.1. The molecule has 2 aromatic carbocycles. The fourth-order valence-electron chi connectivity index (χ4n) is 3.68.